The normalized spacial score (nSPS) is 12.3. The van der Waals surface area contributed by atoms with Gasteiger partial charge in [-0.3, -0.25) is 13.9 Å². The van der Waals surface area contributed by atoms with Gasteiger partial charge in [-0.2, -0.15) is 0 Å². The molecule has 9 nitrogen and oxygen atoms in total. The Labute approximate surface area is 226 Å². The number of hydrogen-bond acceptors (Lipinski definition) is 6. The van der Waals surface area contributed by atoms with E-state index < -0.39 is 6.10 Å². The Kier molecular flexibility index (Phi) is 9.32. The van der Waals surface area contributed by atoms with E-state index in [0.717, 1.165) is 11.1 Å². The number of benzene rings is 2. The molecule has 2 aromatic heterocycles. The first-order chi connectivity index (χ1) is 18.8. The molecule has 0 spiro atoms. The summed E-state index contributed by atoms with van der Waals surface area (Å²) in [7, 11) is 0. The number of aliphatic hydroxyl groups is 1. The quantitative estimate of drug-likeness (QED) is 0.179. The predicted octanol–water partition coefficient (Wildman–Crippen LogP) is 2.68. The number of aryl methyl sites for hydroxylation is 2. The van der Waals surface area contributed by atoms with E-state index in [4.69, 9.17) is 10.7 Å². The summed E-state index contributed by atoms with van der Waals surface area (Å²) in [5.74, 6) is 0.284. The second kappa shape index (κ2) is 12.9. The van der Waals surface area contributed by atoms with E-state index in [1.807, 2.05) is 42.7 Å². The Bertz CT molecular complexity index is 1510. The first kappa shape index (κ1) is 28.3. The minimum Gasteiger partial charge on any atom is -0.399 e. The van der Waals surface area contributed by atoms with Crippen LogP contribution in [0.15, 0.2) is 58.1 Å². The van der Waals surface area contributed by atoms with Gasteiger partial charge in [-0.05, 0) is 54.7 Å². The summed E-state index contributed by atoms with van der Waals surface area (Å²) in [6.45, 7) is 5.83. The van der Waals surface area contributed by atoms with Gasteiger partial charge >= 0.3 is 5.69 Å². The fourth-order valence-corrected chi connectivity index (χ4v) is 4.65. The van der Waals surface area contributed by atoms with Crippen LogP contribution in [0.1, 0.15) is 43.6 Å². The lowest BCUT2D eigenvalue weighted by Gasteiger charge is -2.14. The largest absolute Gasteiger partial charge is 0.399 e. The molecule has 0 bridgehead atoms. The monoisotopic (exact) mass is 536 g/mol. The molecule has 4 aromatic rings. The van der Waals surface area contributed by atoms with Crippen LogP contribution >= 0.6 is 0 Å². The molecule has 1 unspecified atom stereocenters. The molecule has 0 aliphatic heterocycles. The Hall–Kier alpha value is -3.76. The van der Waals surface area contributed by atoms with Gasteiger partial charge in [-0.1, -0.05) is 38.1 Å². The predicted molar refractivity (Wildman–Crippen MR) is 151 cm³/mol. The number of nitrogens with two attached hydrogens (primary N) is 1. The lowest BCUT2D eigenvalue weighted by Crippen LogP contribution is -2.41. The third kappa shape index (κ3) is 6.63. The number of nitrogens with zero attached hydrogens (tertiary/aromatic N) is 4. The number of hydrogen-bond donors (Lipinski definition) is 3. The highest BCUT2D eigenvalue weighted by Crippen LogP contribution is 2.17. The van der Waals surface area contributed by atoms with Crippen molar-refractivity contribution in [1.82, 2.24) is 24.0 Å². The smallest absolute Gasteiger partial charge is 0.332 e. The van der Waals surface area contributed by atoms with Crippen LogP contribution in [0.25, 0.3) is 11.2 Å². The standard InChI is InChI=1S/C29H37FN6O3/c1-3-15-36-28(38)26-27(35(29(36)39)16-13-20-7-11-23(31)12-8-20)33-25(18-21-5-9-22(30)10-6-21)34(26)17-14-32-19-24(37)4-2/h5-12,24,32,37H,3-4,13-19,31H2,1-2H3. The number of rotatable bonds is 13. The van der Waals surface area contributed by atoms with E-state index in [1.54, 1.807) is 16.7 Å². The number of nitrogens with one attached hydrogen (secondary N) is 1. The number of anilines is 1. The molecular formula is C29H37FN6O3. The summed E-state index contributed by atoms with van der Waals surface area (Å²) < 4.78 is 18.3. The molecule has 0 aliphatic rings. The van der Waals surface area contributed by atoms with Crippen molar-refractivity contribution in [2.24, 2.45) is 0 Å². The van der Waals surface area contributed by atoms with Gasteiger partial charge in [-0.15, -0.1) is 0 Å². The van der Waals surface area contributed by atoms with Crippen LogP contribution in [0, 0.1) is 5.82 Å². The zero-order valence-corrected chi connectivity index (χ0v) is 22.6. The van der Waals surface area contributed by atoms with Gasteiger partial charge in [0.15, 0.2) is 11.2 Å². The maximum atomic E-state index is 13.7. The summed E-state index contributed by atoms with van der Waals surface area (Å²) >= 11 is 0. The third-order valence-corrected chi connectivity index (χ3v) is 6.88. The first-order valence-corrected chi connectivity index (χ1v) is 13.5. The van der Waals surface area contributed by atoms with Crippen molar-refractivity contribution in [3.8, 4) is 0 Å². The van der Waals surface area contributed by atoms with Crippen LogP contribution in [0.3, 0.4) is 0 Å². The van der Waals surface area contributed by atoms with Crippen molar-refractivity contribution >= 4 is 16.9 Å². The summed E-state index contributed by atoms with van der Waals surface area (Å²) in [6.07, 6.45) is 1.75. The van der Waals surface area contributed by atoms with Crippen molar-refractivity contribution in [3.63, 3.8) is 0 Å². The van der Waals surface area contributed by atoms with Crippen molar-refractivity contribution in [3.05, 3.63) is 92.1 Å². The molecule has 0 saturated carbocycles. The molecule has 2 aromatic carbocycles. The average Bonchev–Trinajstić information content (AvgIpc) is 3.28. The third-order valence-electron chi connectivity index (χ3n) is 6.88. The Balaban J connectivity index is 1.80. The summed E-state index contributed by atoms with van der Waals surface area (Å²) in [4.78, 5) is 32.0. The van der Waals surface area contributed by atoms with Crippen LogP contribution in [-0.2, 0) is 32.5 Å². The molecule has 1 atom stereocenters. The van der Waals surface area contributed by atoms with Crippen molar-refractivity contribution in [2.45, 2.75) is 65.3 Å². The number of fused-ring (bicyclic) bond motifs is 1. The SMILES string of the molecule is CCCn1c(=O)c2c(nc(Cc3ccc(F)cc3)n2CCNCC(O)CC)n(CCc2ccc(N)cc2)c1=O. The van der Waals surface area contributed by atoms with Gasteiger partial charge < -0.3 is 20.7 Å². The molecule has 2 heterocycles. The Morgan fingerprint density at radius 3 is 2.31 bits per heavy atom. The van der Waals surface area contributed by atoms with Gasteiger partial charge in [0.2, 0.25) is 0 Å². The molecule has 0 saturated heterocycles. The van der Waals surface area contributed by atoms with Crippen LogP contribution < -0.4 is 22.3 Å². The second-order valence-electron chi connectivity index (χ2n) is 9.80. The summed E-state index contributed by atoms with van der Waals surface area (Å²) in [5.41, 5.74) is 8.31. The first-order valence-electron chi connectivity index (χ1n) is 13.5. The average molecular weight is 537 g/mol. The number of nitrogen functional groups attached to an aromatic ring is 1. The molecule has 39 heavy (non-hydrogen) atoms. The lowest BCUT2D eigenvalue weighted by atomic mass is 10.1. The highest BCUT2D eigenvalue weighted by Gasteiger charge is 2.21. The van der Waals surface area contributed by atoms with Gasteiger partial charge in [0.1, 0.15) is 11.6 Å². The Morgan fingerprint density at radius 2 is 1.64 bits per heavy atom. The van der Waals surface area contributed by atoms with Gasteiger partial charge in [0.05, 0.1) is 6.10 Å². The van der Waals surface area contributed by atoms with E-state index in [-0.39, 0.29) is 17.1 Å². The molecular weight excluding hydrogens is 499 g/mol. The van der Waals surface area contributed by atoms with Gasteiger partial charge in [-0.25, -0.2) is 14.2 Å². The molecule has 4 rings (SSSR count). The number of halogens is 1. The zero-order valence-electron chi connectivity index (χ0n) is 22.6. The molecule has 208 valence electrons. The topological polar surface area (TPSA) is 120 Å². The van der Waals surface area contributed by atoms with Crippen LogP contribution in [0.5, 0.6) is 0 Å². The maximum Gasteiger partial charge on any atom is 0.332 e. The highest BCUT2D eigenvalue weighted by molar-refractivity contribution is 5.71. The maximum absolute atomic E-state index is 13.7. The van der Waals surface area contributed by atoms with Crippen molar-refractivity contribution < 1.29 is 9.50 Å². The van der Waals surface area contributed by atoms with E-state index >= 15 is 0 Å². The van der Waals surface area contributed by atoms with Crippen LogP contribution in [0.2, 0.25) is 0 Å². The van der Waals surface area contributed by atoms with Gasteiger partial charge in [0.25, 0.3) is 5.56 Å². The fraction of sp³-hybridized carbons (Fsp3) is 0.414. The van der Waals surface area contributed by atoms with E-state index in [2.05, 4.69) is 5.32 Å². The fourth-order valence-electron chi connectivity index (χ4n) is 4.65. The van der Waals surface area contributed by atoms with Crippen molar-refractivity contribution in [2.75, 3.05) is 18.8 Å². The highest BCUT2D eigenvalue weighted by atomic mass is 19.1. The van der Waals surface area contributed by atoms with E-state index in [9.17, 15) is 19.1 Å². The zero-order chi connectivity index (χ0) is 27.9. The van der Waals surface area contributed by atoms with Crippen molar-refractivity contribution in [1.29, 1.82) is 0 Å². The summed E-state index contributed by atoms with van der Waals surface area (Å²) in [5, 5.41) is 13.2. The molecule has 0 fully saturated rings. The number of aromatic nitrogens is 4. The van der Waals surface area contributed by atoms with E-state index in [0.29, 0.717) is 81.1 Å². The van der Waals surface area contributed by atoms with E-state index in [1.165, 1.54) is 16.7 Å². The van der Waals surface area contributed by atoms with Gasteiger partial charge in [0, 0.05) is 44.8 Å². The number of imidazole rings is 1. The molecule has 10 heteroatoms. The molecule has 0 aliphatic carbocycles. The molecule has 4 N–H and O–H groups in total. The van der Waals surface area contributed by atoms with Crippen LogP contribution in [-0.4, -0.2) is 43.0 Å². The minimum absolute atomic E-state index is 0.300. The number of aliphatic hydroxyl groups excluding tert-OH is 1. The summed E-state index contributed by atoms with van der Waals surface area (Å²) in [6, 6.07) is 13.7. The Morgan fingerprint density at radius 1 is 0.949 bits per heavy atom. The van der Waals surface area contributed by atoms with Crippen LogP contribution in [0.4, 0.5) is 10.1 Å². The molecule has 0 amide bonds. The minimum atomic E-state index is -0.455. The second-order valence-corrected chi connectivity index (χ2v) is 9.80. The molecule has 0 radical (unpaired) electrons. The lowest BCUT2D eigenvalue weighted by molar-refractivity contribution is 0.167.